The Kier molecular flexibility index (Phi) is 6.74. The molecule has 2 aromatic carbocycles. The van der Waals surface area contributed by atoms with Crippen molar-refractivity contribution in [1.82, 2.24) is 5.43 Å². The quantitative estimate of drug-likeness (QED) is 0.349. The zero-order chi connectivity index (χ0) is 19.1. The summed E-state index contributed by atoms with van der Waals surface area (Å²) >= 11 is 1.43. The van der Waals surface area contributed by atoms with Crippen molar-refractivity contribution in [1.29, 1.82) is 0 Å². The molecule has 0 bridgehead atoms. The van der Waals surface area contributed by atoms with Crippen molar-refractivity contribution in [2.45, 2.75) is 17.1 Å². The summed E-state index contributed by atoms with van der Waals surface area (Å²) in [5.74, 6) is -0.244. The lowest BCUT2D eigenvalue weighted by molar-refractivity contribution is -0.384. The van der Waals surface area contributed by atoms with Gasteiger partial charge in [-0.3, -0.25) is 14.9 Å². The van der Waals surface area contributed by atoms with Crippen LogP contribution in [-0.2, 0) is 4.79 Å². The van der Waals surface area contributed by atoms with Crippen LogP contribution in [0.25, 0.3) is 0 Å². The summed E-state index contributed by atoms with van der Waals surface area (Å²) in [4.78, 5) is 25.5. The van der Waals surface area contributed by atoms with Crippen molar-refractivity contribution in [3.05, 3.63) is 64.2 Å². The molecule has 0 heterocycles. The number of amides is 1. The first kappa shape index (κ1) is 19.5. The van der Waals surface area contributed by atoms with Gasteiger partial charge in [0.05, 0.1) is 16.4 Å². The van der Waals surface area contributed by atoms with Gasteiger partial charge in [0.15, 0.2) is 0 Å². The summed E-state index contributed by atoms with van der Waals surface area (Å²) < 4.78 is 0. The van der Waals surface area contributed by atoms with E-state index >= 15 is 0 Å². The van der Waals surface area contributed by atoms with E-state index in [1.807, 2.05) is 49.3 Å². The Bertz CT molecular complexity index is 809. The van der Waals surface area contributed by atoms with Crippen molar-refractivity contribution in [2.75, 3.05) is 19.0 Å². The third-order valence-corrected chi connectivity index (χ3v) is 4.62. The Balaban J connectivity index is 2.06. The predicted octanol–water partition coefficient (Wildman–Crippen LogP) is 3.29. The molecule has 0 unspecified atom stereocenters. The molecule has 26 heavy (non-hydrogen) atoms. The zero-order valence-corrected chi connectivity index (χ0v) is 15.6. The van der Waals surface area contributed by atoms with Gasteiger partial charge in [0.25, 0.3) is 11.6 Å². The van der Waals surface area contributed by atoms with E-state index in [9.17, 15) is 14.9 Å². The molecule has 0 saturated carbocycles. The van der Waals surface area contributed by atoms with E-state index in [4.69, 9.17) is 0 Å². The van der Waals surface area contributed by atoms with Crippen LogP contribution in [0.5, 0.6) is 0 Å². The second-order valence-corrected chi connectivity index (χ2v) is 7.12. The second-order valence-electron chi connectivity index (χ2n) is 5.70. The normalized spacial score (nSPS) is 12.0. The fourth-order valence-electron chi connectivity index (χ4n) is 2.18. The van der Waals surface area contributed by atoms with Crippen molar-refractivity contribution >= 4 is 35.3 Å². The highest BCUT2D eigenvalue weighted by atomic mass is 32.2. The van der Waals surface area contributed by atoms with Crippen LogP contribution < -0.4 is 10.3 Å². The minimum atomic E-state index is -0.464. The highest BCUT2D eigenvalue weighted by Gasteiger charge is 2.14. The van der Waals surface area contributed by atoms with Crippen LogP contribution in [0.3, 0.4) is 0 Å². The number of non-ortho nitro benzene ring substituents is 1. The summed E-state index contributed by atoms with van der Waals surface area (Å²) in [6, 6.07) is 14.1. The van der Waals surface area contributed by atoms with E-state index in [1.54, 1.807) is 13.0 Å². The minimum Gasteiger partial charge on any atom is -0.377 e. The second kappa shape index (κ2) is 9.00. The van der Waals surface area contributed by atoms with Crippen molar-refractivity contribution < 1.29 is 9.72 Å². The lowest BCUT2D eigenvalue weighted by Crippen LogP contribution is -2.26. The standard InChI is InChI=1S/C18H20N4O3S/c1-13(26-16-7-5-4-6-8-16)18(23)20-19-12-14-11-15(22(24)25)9-10-17(14)21(2)3/h4-13H,1-3H3,(H,20,23)/b19-12-/t13-/m0/s1. The molecule has 2 rings (SSSR count). The van der Waals surface area contributed by atoms with Gasteiger partial charge >= 0.3 is 0 Å². The Morgan fingerprint density at radius 3 is 2.58 bits per heavy atom. The molecule has 0 spiro atoms. The van der Waals surface area contributed by atoms with Crippen LogP contribution in [0, 0.1) is 10.1 Å². The highest BCUT2D eigenvalue weighted by molar-refractivity contribution is 8.00. The van der Waals surface area contributed by atoms with E-state index < -0.39 is 4.92 Å². The molecule has 0 fully saturated rings. The number of hydrogen-bond acceptors (Lipinski definition) is 6. The summed E-state index contributed by atoms with van der Waals surface area (Å²) in [6.07, 6.45) is 1.42. The number of benzene rings is 2. The number of nitrogens with zero attached hydrogens (tertiary/aromatic N) is 3. The molecule has 0 aliphatic carbocycles. The molecular weight excluding hydrogens is 352 g/mol. The van der Waals surface area contributed by atoms with Gasteiger partial charge in [-0.15, -0.1) is 11.8 Å². The number of nitro groups is 1. The van der Waals surface area contributed by atoms with Gasteiger partial charge in [-0.2, -0.15) is 5.10 Å². The third kappa shape index (κ3) is 5.32. The maximum atomic E-state index is 12.2. The summed E-state index contributed by atoms with van der Waals surface area (Å²) in [5, 5.41) is 14.6. The minimum absolute atomic E-state index is 0.0311. The molecule has 1 amide bonds. The number of thioether (sulfide) groups is 1. The van der Waals surface area contributed by atoms with Crippen LogP contribution in [-0.4, -0.2) is 36.4 Å². The van der Waals surface area contributed by atoms with Gasteiger partial charge < -0.3 is 4.90 Å². The molecule has 1 atom stereocenters. The first-order valence-electron chi connectivity index (χ1n) is 7.89. The molecule has 0 aliphatic heterocycles. The van der Waals surface area contributed by atoms with Gasteiger partial charge in [0.2, 0.25) is 0 Å². The maximum Gasteiger partial charge on any atom is 0.270 e. The largest absolute Gasteiger partial charge is 0.377 e. The molecule has 0 aromatic heterocycles. The Morgan fingerprint density at radius 1 is 1.27 bits per heavy atom. The topological polar surface area (TPSA) is 87.8 Å². The fourth-order valence-corrected chi connectivity index (χ4v) is 3.06. The Morgan fingerprint density at radius 2 is 1.96 bits per heavy atom. The van der Waals surface area contributed by atoms with Crippen LogP contribution in [0.2, 0.25) is 0 Å². The molecule has 7 nitrogen and oxygen atoms in total. The van der Waals surface area contributed by atoms with E-state index in [-0.39, 0.29) is 16.8 Å². The lowest BCUT2D eigenvalue weighted by Gasteiger charge is -2.15. The Labute approximate surface area is 156 Å². The van der Waals surface area contributed by atoms with E-state index in [0.29, 0.717) is 5.56 Å². The number of carbonyl (C=O) groups excluding carboxylic acids is 1. The van der Waals surface area contributed by atoms with Crippen LogP contribution in [0.4, 0.5) is 11.4 Å². The molecular formula is C18H20N4O3S. The molecule has 1 N–H and O–H groups in total. The monoisotopic (exact) mass is 372 g/mol. The number of carbonyl (C=O) groups is 1. The lowest BCUT2D eigenvalue weighted by atomic mass is 10.1. The van der Waals surface area contributed by atoms with E-state index in [2.05, 4.69) is 10.5 Å². The molecule has 0 radical (unpaired) electrons. The summed E-state index contributed by atoms with van der Waals surface area (Å²) in [7, 11) is 3.66. The highest BCUT2D eigenvalue weighted by Crippen LogP contribution is 2.23. The first-order valence-corrected chi connectivity index (χ1v) is 8.77. The van der Waals surface area contributed by atoms with Crippen LogP contribution >= 0.6 is 11.8 Å². The average Bonchev–Trinajstić information content (AvgIpc) is 2.62. The van der Waals surface area contributed by atoms with Crippen LogP contribution in [0.15, 0.2) is 58.5 Å². The van der Waals surface area contributed by atoms with Gasteiger partial charge in [-0.05, 0) is 25.1 Å². The molecule has 8 heteroatoms. The van der Waals surface area contributed by atoms with E-state index in [1.165, 1.54) is 30.1 Å². The van der Waals surface area contributed by atoms with Crippen LogP contribution in [0.1, 0.15) is 12.5 Å². The molecule has 2 aromatic rings. The number of rotatable bonds is 7. The smallest absolute Gasteiger partial charge is 0.270 e. The van der Waals surface area contributed by atoms with E-state index in [0.717, 1.165) is 10.6 Å². The average molecular weight is 372 g/mol. The Hall–Kier alpha value is -2.87. The SMILES string of the molecule is C[C@H](Sc1ccccc1)C(=O)N/N=C\c1cc([N+](=O)[O-])ccc1N(C)C. The number of anilines is 1. The number of hydrogen-bond donors (Lipinski definition) is 1. The predicted molar refractivity (Wildman–Crippen MR) is 105 cm³/mol. The molecule has 0 aliphatic rings. The number of hydrazone groups is 1. The van der Waals surface area contributed by atoms with Gasteiger partial charge in [-0.1, -0.05) is 18.2 Å². The van der Waals surface area contributed by atoms with Gasteiger partial charge in [-0.25, -0.2) is 5.43 Å². The molecule has 136 valence electrons. The summed E-state index contributed by atoms with van der Waals surface area (Å²) in [6.45, 7) is 1.79. The van der Waals surface area contributed by atoms with Crippen molar-refractivity contribution in [3.8, 4) is 0 Å². The number of nitro benzene ring substituents is 1. The fraction of sp³-hybridized carbons (Fsp3) is 0.222. The van der Waals surface area contributed by atoms with Gasteiger partial charge in [0, 0.05) is 42.4 Å². The molecule has 0 saturated heterocycles. The third-order valence-electron chi connectivity index (χ3n) is 3.51. The van der Waals surface area contributed by atoms with Crippen molar-refractivity contribution in [3.63, 3.8) is 0 Å². The van der Waals surface area contributed by atoms with Crippen molar-refractivity contribution in [2.24, 2.45) is 5.10 Å². The maximum absolute atomic E-state index is 12.2. The number of nitrogens with one attached hydrogen (secondary N) is 1. The summed E-state index contributed by atoms with van der Waals surface area (Å²) in [5.41, 5.74) is 3.77. The first-order chi connectivity index (χ1) is 12.4. The van der Waals surface area contributed by atoms with Gasteiger partial charge in [0.1, 0.15) is 0 Å². The zero-order valence-electron chi connectivity index (χ0n) is 14.7.